The first-order valence-electron chi connectivity index (χ1n) is 11.7. The predicted molar refractivity (Wildman–Crippen MR) is 115 cm³/mol. The summed E-state index contributed by atoms with van der Waals surface area (Å²) in [5.74, 6) is 1.48. The molecule has 26 heavy (non-hydrogen) atoms. The molecule has 0 saturated carbocycles. The summed E-state index contributed by atoms with van der Waals surface area (Å²) >= 11 is 0. The van der Waals surface area contributed by atoms with Crippen molar-refractivity contribution in [2.75, 3.05) is 6.61 Å². The van der Waals surface area contributed by atoms with E-state index in [1.165, 1.54) is 83.5 Å². The van der Waals surface area contributed by atoms with Gasteiger partial charge < -0.3 is 4.74 Å². The van der Waals surface area contributed by atoms with E-state index in [-0.39, 0.29) is 5.97 Å². The minimum atomic E-state index is 0.00954. The lowest BCUT2D eigenvalue weighted by Gasteiger charge is -2.12. The van der Waals surface area contributed by atoms with Gasteiger partial charge >= 0.3 is 5.97 Å². The largest absolute Gasteiger partial charge is 0.466 e. The quantitative estimate of drug-likeness (QED) is 0.170. The van der Waals surface area contributed by atoms with Gasteiger partial charge in [-0.1, -0.05) is 111 Å². The van der Waals surface area contributed by atoms with Crippen LogP contribution in [0.25, 0.3) is 0 Å². The number of carbonyl (C=O) groups excluding carboxylic acids is 1. The van der Waals surface area contributed by atoms with Crippen molar-refractivity contribution in [2.45, 2.75) is 130 Å². The van der Waals surface area contributed by atoms with Crippen molar-refractivity contribution in [1.82, 2.24) is 0 Å². The Labute approximate surface area is 164 Å². The lowest BCUT2D eigenvalue weighted by Crippen LogP contribution is -2.08. The Hall–Kier alpha value is -0.530. The number of ether oxygens (including phenoxy) is 1. The van der Waals surface area contributed by atoms with E-state index in [9.17, 15) is 4.79 Å². The van der Waals surface area contributed by atoms with Gasteiger partial charge in [0.2, 0.25) is 0 Å². The molecule has 0 aliphatic rings. The van der Waals surface area contributed by atoms with Crippen LogP contribution in [0, 0.1) is 11.8 Å². The van der Waals surface area contributed by atoms with Crippen LogP contribution in [0.2, 0.25) is 0 Å². The Morgan fingerprint density at radius 3 is 1.77 bits per heavy atom. The zero-order valence-corrected chi connectivity index (χ0v) is 18.5. The molecule has 0 radical (unpaired) electrons. The molecular formula is C24H48O2. The van der Waals surface area contributed by atoms with Gasteiger partial charge in [0.15, 0.2) is 0 Å². The minimum absolute atomic E-state index is 0.00954. The normalized spacial score (nSPS) is 12.5. The number of hydrogen-bond acceptors (Lipinski definition) is 2. The van der Waals surface area contributed by atoms with Gasteiger partial charge in [-0.3, -0.25) is 4.79 Å². The summed E-state index contributed by atoms with van der Waals surface area (Å²) in [5, 5.41) is 0. The highest BCUT2D eigenvalue weighted by Gasteiger charge is 2.06. The van der Waals surface area contributed by atoms with E-state index in [2.05, 4.69) is 27.7 Å². The predicted octanol–water partition coefficient (Wildman–Crippen LogP) is 8.08. The number of rotatable bonds is 19. The fraction of sp³-hybridized carbons (Fsp3) is 0.958. The number of carbonyl (C=O) groups is 1. The topological polar surface area (TPSA) is 26.3 Å². The third-order valence-electron chi connectivity index (χ3n) is 5.34. The zero-order chi connectivity index (χ0) is 19.5. The van der Waals surface area contributed by atoms with Gasteiger partial charge in [0.25, 0.3) is 0 Å². The Balaban J connectivity index is 3.29. The van der Waals surface area contributed by atoms with Gasteiger partial charge in [-0.25, -0.2) is 0 Å². The molecule has 1 atom stereocenters. The molecule has 0 amide bonds. The molecule has 0 rings (SSSR count). The Morgan fingerprint density at radius 2 is 1.23 bits per heavy atom. The second-order valence-electron chi connectivity index (χ2n) is 8.72. The van der Waals surface area contributed by atoms with Crippen LogP contribution in [0.3, 0.4) is 0 Å². The summed E-state index contributed by atoms with van der Waals surface area (Å²) in [6.07, 6.45) is 20.0. The molecule has 0 aromatic carbocycles. The molecule has 0 bridgehead atoms. The Morgan fingerprint density at radius 1 is 0.692 bits per heavy atom. The maximum Gasteiger partial charge on any atom is 0.305 e. The Bertz CT molecular complexity index is 299. The van der Waals surface area contributed by atoms with Crippen LogP contribution >= 0.6 is 0 Å². The third-order valence-corrected chi connectivity index (χ3v) is 5.34. The molecule has 0 fully saturated rings. The second-order valence-corrected chi connectivity index (χ2v) is 8.72. The van der Waals surface area contributed by atoms with Gasteiger partial charge in [0, 0.05) is 6.42 Å². The standard InChI is InChI=1S/C24H48O2/c1-5-6-7-8-9-10-11-12-13-14-15-19-24(25)26-21-20-23(4)18-16-17-22(2)3/h22-23H,5-21H2,1-4H3. The summed E-state index contributed by atoms with van der Waals surface area (Å²) in [5.41, 5.74) is 0. The maximum absolute atomic E-state index is 11.8. The number of unbranched alkanes of at least 4 members (excludes halogenated alkanes) is 10. The van der Waals surface area contributed by atoms with Gasteiger partial charge in [-0.15, -0.1) is 0 Å². The summed E-state index contributed by atoms with van der Waals surface area (Å²) < 4.78 is 5.39. The molecule has 0 aromatic heterocycles. The smallest absolute Gasteiger partial charge is 0.305 e. The average Bonchev–Trinajstić information content (AvgIpc) is 2.59. The van der Waals surface area contributed by atoms with E-state index in [1.54, 1.807) is 0 Å². The first-order valence-corrected chi connectivity index (χ1v) is 11.7. The van der Waals surface area contributed by atoms with Crippen molar-refractivity contribution in [3.63, 3.8) is 0 Å². The molecule has 0 saturated heterocycles. The van der Waals surface area contributed by atoms with Crippen LogP contribution in [-0.2, 0) is 9.53 Å². The molecule has 0 N–H and O–H groups in total. The highest BCUT2D eigenvalue weighted by atomic mass is 16.5. The summed E-state index contributed by atoms with van der Waals surface area (Å²) in [6, 6.07) is 0. The molecular weight excluding hydrogens is 320 g/mol. The van der Waals surface area contributed by atoms with E-state index in [1.807, 2.05) is 0 Å². The maximum atomic E-state index is 11.8. The lowest BCUT2D eigenvalue weighted by atomic mass is 9.98. The van der Waals surface area contributed by atoms with Crippen molar-refractivity contribution in [2.24, 2.45) is 11.8 Å². The third kappa shape index (κ3) is 19.8. The first kappa shape index (κ1) is 25.5. The molecule has 2 heteroatoms. The molecule has 0 spiro atoms. The van der Waals surface area contributed by atoms with Crippen LogP contribution in [0.4, 0.5) is 0 Å². The summed E-state index contributed by atoms with van der Waals surface area (Å²) in [4.78, 5) is 11.8. The number of esters is 1. The van der Waals surface area contributed by atoms with Crippen LogP contribution < -0.4 is 0 Å². The SMILES string of the molecule is CCCCCCCCCCCCCC(=O)OCCC(C)CCCC(C)C. The van der Waals surface area contributed by atoms with Crippen LogP contribution in [0.1, 0.15) is 130 Å². The minimum Gasteiger partial charge on any atom is -0.466 e. The van der Waals surface area contributed by atoms with Crippen LogP contribution in [0.15, 0.2) is 0 Å². The fourth-order valence-corrected chi connectivity index (χ4v) is 3.40. The van der Waals surface area contributed by atoms with Gasteiger partial charge in [-0.05, 0) is 24.7 Å². The summed E-state index contributed by atoms with van der Waals surface area (Å²) in [6.45, 7) is 9.71. The zero-order valence-electron chi connectivity index (χ0n) is 18.5. The van der Waals surface area contributed by atoms with Crippen molar-refractivity contribution < 1.29 is 9.53 Å². The van der Waals surface area contributed by atoms with Crippen molar-refractivity contribution >= 4 is 5.97 Å². The van der Waals surface area contributed by atoms with E-state index < -0.39 is 0 Å². The van der Waals surface area contributed by atoms with Crippen molar-refractivity contribution in [1.29, 1.82) is 0 Å². The van der Waals surface area contributed by atoms with Gasteiger partial charge in [0.1, 0.15) is 0 Å². The molecule has 2 nitrogen and oxygen atoms in total. The molecule has 0 aliphatic heterocycles. The van der Waals surface area contributed by atoms with Crippen LogP contribution in [0.5, 0.6) is 0 Å². The fourth-order valence-electron chi connectivity index (χ4n) is 3.40. The highest BCUT2D eigenvalue weighted by Crippen LogP contribution is 2.16. The van der Waals surface area contributed by atoms with Crippen LogP contribution in [-0.4, -0.2) is 12.6 Å². The van der Waals surface area contributed by atoms with E-state index in [0.717, 1.165) is 18.8 Å². The average molecular weight is 369 g/mol. The van der Waals surface area contributed by atoms with E-state index in [0.29, 0.717) is 18.9 Å². The van der Waals surface area contributed by atoms with E-state index in [4.69, 9.17) is 4.74 Å². The lowest BCUT2D eigenvalue weighted by molar-refractivity contribution is -0.144. The monoisotopic (exact) mass is 368 g/mol. The Kier molecular flexibility index (Phi) is 18.8. The van der Waals surface area contributed by atoms with E-state index >= 15 is 0 Å². The molecule has 0 aromatic rings. The first-order chi connectivity index (χ1) is 12.6. The molecule has 0 heterocycles. The molecule has 0 aliphatic carbocycles. The van der Waals surface area contributed by atoms with Crippen molar-refractivity contribution in [3.05, 3.63) is 0 Å². The highest BCUT2D eigenvalue weighted by molar-refractivity contribution is 5.69. The molecule has 1 unspecified atom stereocenters. The van der Waals surface area contributed by atoms with Crippen molar-refractivity contribution in [3.8, 4) is 0 Å². The van der Waals surface area contributed by atoms with Gasteiger partial charge in [0.05, 0.1) is 6.61 Å². The second kappa shape index (κ2) is 19.2. The van der Waals surface area contributed by atoms with Gasteiger partial charge in [-0.2, -0.15) is 0 Å². The number of hydrogen-bond donors (Lipinski definition) is 0. The summed E-state index contributed by atoms with van der Waals surface area (Å²) in [7, 11) is 0. The molecule has 156 valence electrons.